The number of nitrogens with zero attached hydrogens (tertiary/aromatic N) is 3. The van der Waals surface area contributed by atoms with Crippen LogP contribution in [0.3, 0.4) is 0 Å². The predicted molar refractivity (Wildman–Crippen MR) is 87.4 cm³/mol. The first-order valence-electron chi connectivity index (χ1n) is 6.88. The first-order chi connectivity index (χ1) is 10.7. The maximum absolute atomic E-state index is 11.5. The standard InChI is InChI=1S/C14H17ClN4O2S/c1-3-19-12(16-14(20)21-4-2)17-18-13(19)22-9-10-7-5-6-8-11(10)15/h5-8H,3-4,9H2,1-2H3,(H,16,17,20). The van der Waals surface area contributed by atoms with Crippen LogP contribution in [-0.2, 0) is 17.0 Å². The maximum atomic E-state index is 11.5. The van der Waals surface area contributed by atoms with E-state index in [9.17, 15) is 4.79 Å². The van der Waals surface area contributed by atoms with Gasteiger partial charge < -0.3 is 4.74 Å². The van der Waals surface area contributed by atoms with Crippen LogP contribution in [0.4, 0.5) is 10.7 Å². The van der Waals surface area contributed by atoms with Gasteiger partial charge in [0.15, 0.2) is 5.16 Å². The molecule has 0 unspecified atom stereocenters. The van der Waals surface area contributed by atoms with Crippen molar-refractivity contribution in [1.29, 1.82) is 0 Å². The maximum Gasteiger partial charge on any atom is 0.414 e. The fourth-order valence-corrected chi connectivity index (χ4v) is 3.08. The second kappa shape index (κ2) is 8.05. The molecule has 0 saturated heterocycles. The normalized spacial score (nSPS) is 10.5. The van der Waals surface area contributed by atoms with Gasteiger partial charge in [-0.05, 0) is 25.5 Å². The van der Waals surface area contributed by atoms with Crippen molar-refractivity contribution >= 4 is 35.4 Å². The van der Waals surface area contributed by atoms with Crippen molar-refractivity contribution in [3.8, 4) is 0 Å². The molecule has 22 heavy (non-hydrogen) atoms. The third-order valence-electron chi connectivity index (χ3n) is 2.84. The van der Waals surface area contributed by atoms with Gasteiger partial charge in [0.2, 0.25) is 5.95 Å². The van der Waals surface area contributed by atoms with Crippen molar-refractivity contribution in [2.75, 3.05) is 11.9 Å². The Bertz CT molecular complexity index is 648. The predicted octanol–water partition coefficient (Wildman–Crippen LogP) is 3.81. The second-order valence-corrected chi connectivity index (χ2v) is 5.63. The van der Waals surface area contributed by atoms with Crippen LogP contribution in [0.1, 0.15) is 19.4 Å². The zero-order chi connectivity index (χ0) is 15.9. The summed E-state index contributed by atoms with van der Waals surface area (Å²) >= 11 is 7.66. The molecular weight excluding hydrogens is 324 g/mol. The van der Waals surface area contributed by atoms with Gasteiger partial charge in [-0.15, -0.1) is 10.2 Å². The SMILES string of the molecule is CCOC(=O)Nc1nnc(SCc2ccccc2Cl)n1CC. The number of aromatic nitrogens is 3. The second-order valence-electron chi connectivity index (χ2n) is 4.28. The number of anilines is 1. The van der Waals surface area contributed by atoms with Crippen LogP contribution in [0, 0.1) is 0 Å². The van der Waals surface area contributed by atoms with E-state index in [-0.39, 0.29) is 0 Å². The van der Waals surface area contributed by atoms with Gasteiger partial charge in [0, 0.05) is 17.3 Å². The van der Waals surface area contributed by atoms with Crippen molar-refractivity contribution in [3.05, 3.63) is 34.9 Å². The molecule has 0 aliphatic rings. The van der Waals surface area contributed by atoms with E-state index in [1.54, 1.807) is 6.92 Å². The molecule has 8 heteroatoms. The number of amides is 1. The van der Waals surface area contributed by atoms with Gasteiger partial charge in [-0.1, -0.05) is 41.6 Å². The molecule has 0 atom stereocenters. The molecule has 1 aromatic heterocycles. The summed E-state index contributed by atoms with van der Waals surface area (Å²) < 4.78 is 6.66. The van der Waals surface area contributed by atoms with E-state index in [0.29, 0.717) is 30.0 Å². The number of ether oxygens (including phenoxy) is 1. The number of carbonyl (C=O) groups is 1. The number of halogens is 1. The van der Waals surface area contributed by atoms with Gasteiger partial charge in [-0.25, -0.2) is 4.79 Å². The van der Waals surface area contributed by atoms with E-state index in [1.807, 2.05) is 35.8 Å². The fraction of sp³-hybridized carbons (Fsp3) is 0.357. The van der Waals surface area contributed by atoms with Crippen LogP contribution >= 0.6 is 23.4 Å². The number of carbonyl (C=O) groups excluding carboxylic acids is 1. The van der Waals surface area contributed by atoms with Crippen molar-refractivity contribution in [2.24, 2.45) is 0 Å². The Morgan fingerprint density at radius 2 is 2.14 bits per heavy atom. The number of nitrogens with one attached hydrogen (secondary N) is 1. The molecule has 0 spiro atoms. The highest BCUT2D eigenvalue weighted by Gasteiger charge is 2.14. The van der Waals surface area contributed by atoms with Gasteiger partial charge in [-0.3, -0.25) is 9.88 Å². The number of rotatable bonds is 6. The summed E-state index contributed by atoms with van der Waals surface area (Å²) in [6.07, 6.45) is -0.535. The van der Waals surface area contributed by atoms with E-state index in [0.717, 1.165) is 10.6 Å². The Morgan fingerprint density at radius 1 is 1.36 bits per heavy atom. The molecule has 0 bridgehead atoms. The Balaban J connectivity index is 2.07. The minimum atomic E-state index is -0.535. The molecule has 0 saturated carbocycles. The third-order valence-corrected chi connectivity index (χ3v) is 4.22. The Hall–Kier alpha value is -1.73. The molecule has 1 amide bonds. The molecule has 2 aromatic rings. The van der Waals surface area contributed by atoms with Gasteiger partial charge >= 0.3 is 6.09 Å². The van der Waals surface area contributed by atoms with Crippen LogP contribution < -0.4 is 5.32 Å². The minimum Gasteiger partial charge on any atom is -0.450 e. The molecule has 118 valence electrons. The third kappa shape index (κ3) is 4.14. The highest BCUT2D eigenvalue weighted by molar-refractivity contribution is 7.98. The zero-order valence-electron chi connectivity index (χ0n) is 12.4. The Labute approximate surface area is 138 Å². The lowest BCUT2D eigenvalue weighted by atomic mass is 10.2. The summed E-state index contributed by atoms with van der Waals surface area (Å²) in [7, 11) is 0. The average Bonchev–Trinajstić information content (AvgIpc) is 2.88. The lowest BCUT2D eigenvalue weighted by Crippen LogP contribution is -2.17. The lowest BCUT2D eigenvalue weighted by Gasteiger charge is -2.08. The van der Waals surface area contributed by atoms with Gasteiger partial charge in [0.05, 0.1) is 6.61 Å². The number of hydrogen-bond acceptors (Lipinski definition) is 5. The summed E-state index contributed by atoms with van der Waals surface area (Å²) in [4.78, 5) is 11.5. The summed E-state index contributed by atoms with van der Waals surface area (Å²) in [5, 5.41) is 12.1. The fourth-order valence-electron chi connectivity index (χ4n) is 1.79. The van der Waals surface area contributed by atoms with Gasteiger partial charge in [-0.2, -0.15) is 0 Å². The first kappa shape index (κ1) is 16.6. The van der Waals surface area contributed by atoms with Crippen molar-refractivity contribution < 1.29 is 9.53 Å². The van der Waals surface area contributed by atoms with E-state index in [4.69, 9.17) is 16.3 Å². The molecular formula is C14H17ClN4O2S. The van der Waals surface area contributed by atoms with Crippen LogP contribution in [-0.4, -0.2) is 27.5 Å². The highest BCUT2D eigenvalue weighted by atomic mass is 35.5. The molecule has 0 aliphatic heterocycles. The summed E-state index contributed by atoms with van der Waals surface area (Å²) in [6.45, 7) is 4.65. The quantitative estimate of drug-likeness (QED) is 0.810. The molecule has 1 N–H and O–H groups in total. The minimum absolute atomic E-state index is 0.306. The molecule has 0 aliphatic carbocycles. The van der Waals surface area contributed by atoms with Crippen molar-refractivity contribution in [1.82, 2.24) is 14.8 Å². The Morgan fingerprint density at radius 3 is 2.82 bits per heavy atom. The monoisotopic (exact) mass is 340 g/mol. The first-order valence-corrected chi connectivity index (χ1v) is 8.25. The van der Waals surface area contributed by atoms with Gasteiger partial charge in [0.25, 0.3) is 0 Å². The lowest BCUT2D eigenvalue weighted by molar-refractivity contribution is 0.167. The Kier molecular flexibility index (Phi) is 6.09. The van der Waals surface area contributed by atoms with E-state index >= 15 is 0 Å². The summed E-state index contributed by atoms with van der Waals surface area (Å²) in [5.41, 5.74) is 1.03. The summed E-state index contributed by atoms with van der Waals surface area (Å²) in [6, 6.07) is 7.67. The van der Waals surface area contributed by atoms with Crippen LogP contribution in [0.5, 0.6) is 0 Å². The van der Waals surface area contributed by atoms with Crippen molar-refractivity contribution in [2.45, 2.75) is 31.3 Å². The van der Waals surface area contributed by atoms with Crippen LogP contribution in [0.2, 0.25) is 5.02 Å². The van der Waals surface area contributed by atoms with E-state index in [2.05, 4.69) is 15.5 Å². The number of benzene rings is 1. The summed E-state index contributed by atoms with van der Waals surface area (Å²) in [5.74, 6) is 1.06. The van der Waals surface area contributed by atoms with Gasteiger partial charge in [0.1, 0.15) is 0 Å². The molecule has 6 nitrogen and oxygen atoms in total. The molecule has 1 aromatic carbocycles. The van der Waals surface area contributed by atoms with Crippen LogP contribution in [0.25, 0.3) is 0 Å². The number of thioether (sulfide) groups is 1. The number of hydrogen-bond donors (Lipinski definition) is 1. The largest absolute Gasteiger partial charge is 0.450 e. The molecule has 1 heterocycles. The van der Waals surface area contributed by atoms with E-state index < -0.39 is 6.09 Å². The van der Waals surface area contributed by atoms with Crippen molar-refractivity contribution in [3.63, 3.8) is 0 Å². The molecule has 0 radical (unpaired) electrons. The molecule has 2 rings (SSSR count). The van der Waals surface area contributed by atoms with Crippen LogP contribution in [0.15, 0.2) is 29.4 Å². The average molecular weight is 341 g/mol. The molecule has 0 fully saturated rings. The van der Waals surface area contributed by atoms with E-state index in [1.165, 1.54) is 11.8 Å². The zero-order valence-corrected chi connectivity index (χ0v) is 13.9. The smallest absolute Gasteiger partial charge is 0.414 e. The highest BCUT2D eigenvalue weighted by Crippen LogP contribution is 2.26. The topological polar surface area (TPSA) is 69.0 Å².